The third kappa shape index (κ3) is 2.94. The average Bonchev–Trinajstić information content (AvgIpc) is 2.38. The van der Waals surface area contributed by atoms with Crippen LogP contribution in [0.5, 0.6) is 0 Å². The number of halogens is 1. The monoisotopic (exact) mass is 275 g/mol. The number of nitro groups is 1. The van der Waals surface area contributed by atoms with Crippen LogP contribution in [0.25, 0.3) is 0 Å². The summed E-state index contributed by atoms with van der Waals surface area (Å²) in [6.07, 6.45) is 1.49. The van der Waals surface area contributed by atoms with Crippen LogP contribution in [0, 0.1) is 22.9 Å². The first-order valence-electron chi connectivity index (χ1n) is 5.65. The molecule has 0 aliphatic rings. The summed E-state index contributed by atoms with van der Waals surface area (Å²) in [4.78, 5) is 25.7. The molecule has 0 spiro atoms. The number of rotatable bonds is 3. The van der Waals surface area contributed by atoms with E-state index >= 15 is 0 Å². The second kappa shape index (κ2) is 5.43. The predicted octanol–water partition coefficient (Wildman–Crippen LogP) is 2.69. The number of aryl methyl sites for hydroxylation is 1. The normalized spacial score (nSPS) is 10.1. The number of nitrogens with one attached hydrogen (secondary N) is 1. The lowest BCUT2D eigenvalue weighted by molar-refractivity contribution is -0.384. The number of aromatic nitrogens is 1. The van der Waals surface area contributed by atoms with Gasteiger partial charge in [0.05, 0.1) is 10.5 Å². The van der Waals surface area contributed by atoms with E-state index in [-0.39, 0.29) is 11.5 Å². The molecule has 0 aliphatic carbocycles. The fraction of sp³-hybridized carbons (Fsp3) is 0.0769. The molecule has 6 nitrogen and oxygen atoms in total. The second-order valence-electron chi connectivity index (χ2n) is 4.09. The van der Waals surface area contributed by atoms with Crippen LogP contribution in [-0.4, -0.2) is 15.8 Å². The van der Waals surface area contributed by atoms with Gasteiger partial charge in [-0.05, 0) is 30.7 Å². The van der Waals surface area contributed by atoms with Crippen molar-refractivity contribution in [3.05, 3.63) is 63.6 Å². The van der Waals surface area contributed by atoms with Crippen LogP contribution in [-0.2, 0) is 0 Å². The maximum Gasteiger partial charge on any atom is 0.270 e. The fourth-order valence-electron chi connectivity index (χ4n) is 1.59. The Bertz CT molecular complexity index is 688. The largest absolute Gasteiger partial charge is 0.306 e. The molecule has 0 saturated heterocycles. The molecule has 1 aromatic heterocycles. The van der Waals surface area contributed by atoms with Crippen LogP contribution in [0.3, 0.4) is 0 Å². The van der Waals surface area contributed by atoms with Crippen LogP contribution in [0.1, 0.15) is 15.9 Å². The highest BCUT2D eigenvalue weighted by molar-refractivity contribution is 6.04. The minimum absolute atomic E-state index is 0.251. The lowest BCUT2D eigenvalue weighted by Crippen LogP contribution is -2.15. The maximum atomic E-state index is 13.6. The first kappa shape index (κ1) is 13.6. The van der Waals surface area contributed by atoms with E-state index in [1.807, 2.05) is 6.92 Å². The Morgan fingerprint density at radius 3 is 2.75 bits per heavy atom. The van der Waals surface area contributed by atoms with E-state index in [9.17, 15) is 19.3 Å². The molecule has 1 amide bonds. The molecule has 0 bridgehead atoms. The SMILES string of the molecule is Cc1ccnc(NC(=O)c2cc([N+](=O)[O-])ccc2F)c1. The Balaban J connectivity index is 2.29. The zero-order chi connectivity index (χ0) is 14.7. The van der Waals surface area contributed by atoms with Crippen LogP contribution in [0.15, 0.2) is 36.5 Å². The molecule has 1 heterocycles. The number of carbonyl (C=O) groups excluding carboxylic acids is 1. The fourth-order valence-corrected chi connectivity index (χ4v) is 1.59. The lowest BCUT2D eigenvalue weighted by atomic mass is 10.1. The quantitative estimate of drug-likeness (QED) is 0.689. The molecular formula is C13H10FN3O3. The zero-order valence-electron chi connectivity index (χ0n) is 10.5. The number of carbonyl (C=O) groups is 1. The molecule has 1 aromatic carbocycles. The van der Waals surface area contributed by atoms with Crippen molar-refractivity contribution in [2.45, 2.75) is 6.92 Å². The van der Waals surface area contributed by atoms with Crippen molar-refractivity contribution in [2.75, 3.05) is 5.32 Å². The second-order valence-corrected chi connectivity index (χ2v) is 4.09. The highest BCUT2D eigenvalue weighted by atomic mass is 19.1. The Kier molecular flexibility index (Phi) is 3.69. The van der Waals surface area contributed by atoms with Gasteiger partial charge in [-0.1, -0.05) is 0 Å². The molecule has 2 rings (SSSR count). The summed E-state index contributed by atoms with van der Waals surface area (Å²) in [6, 6.07) is 6.12. The van der Waals surface area contributed by atoms with E-state index in [0.717, 1.165) is 23.8 Å². The summed E-state index contributed by atoms with van der Waals surface area (Å²) in [5.74, 6) is -1.37. The van der Waals surface area contributed by atoms with Gasteiger partial charge in [-0.3, -0.25) is 14.9 Å². The van der Waals surface area contributed by atoms with Gasteiger partial charge in [-0.15, -0.1) is 0 Å². The number of hydrogen-bond acceptors (Lipinski definition) is 4. The van der Waals surface area contributed by atoms with Gasteiger partial charge in [0.1, 0.15) is 11.6 Å². The van der Waals surface area contributed by atoms with Crippen molar-refractivity contribution >= 4 is 17.4 Å². The molecule has 102 valence electrons. The molecule has 0 radical (unpaired) electrons. The Morgan fingerprint density at radius 1 is 1.35 bits per heavy atom. The van der Waals surface area contributed by atoms with Crippen LogP contribution < -0.4 is 5.32 Å². The average molecular weight is 275 g/mol. The Morgan fingerprint density at radius 2 is 2.10 bits per heavy atom. The minimum atomic E-state index is -0.833. The van der Waals surface area contributed by atoms with Gasteiger partial charge in [0.25, 0.3) is 11.6 Å². The van der Waals surface area contributed by atoms with E-state index in [1.54, 1.807) is 12.1 Å². The molecule has 20 heavy (non-hydrogen) atoms. The third-order valence-electron chi connectivity index (χ3n) is 2.56. The van der Waals surface area contributed by atoms with E-state index in [4.69, 9.17) is 0 Å². The molecule has 2 aromatic rings. The van der Waals surface area contributed by atoms with Crippen LogP contribution in [0.4, 0.5) is 15.9 Å². The number of anilines is 1. The summed E-state index contributed by atoms with van der Waals surface area (Å²) >= 11 is 0. The first-order chi connectivity index (χ1) is 9.47. The minimum Gasteiger partial charge on any atom is -0.306 e. The predicted molar refractivity (Wildman–Crippen MR) is 70.0 cm³/mol. The van der Waals surface area contributed by atoms with Crippen molar-refractivity contribution < 1.29 is 14.1 Å². The molecule has 0 atom stereocenters. The van der Waals surface area contributed by atoms with Crippen molar-refractivity contribution in [1.82, 2.24) is 4.98 Å². The molecule has 1 N–H and O–H groups in total. The summed E-state index contributed by atoms with van der Waals surface area (Å²) in [6.45, 7) is 1.81. The van der Waals surface area contributed by atoms with Gasteiger partial charge in [-0.25, -0.2) is 9.37 Å². The standard InChI is InChI=1S/C13H10FN3O3/c1-8-4-5-15-12(6-8)16-13(18)10-7-9(17(19)20)2-3-11(10)14/h2-7H,1H3,(H,15,16,18). The molecule has 7 heteroatoms. The number of nitrogens with zero attached hydrogens (tertiary/aromatic N) is 2. The molecule has 0 fully saturated rings. The van der Waals surface area contributed by atoms with Crippen molar-refractivity contribution in [3.8, 4) is 0 Å². The number of hydrogen-bond donors (Lipinski definition) is 1. The molecule has 0 unspecified atom stereocenters. The summed E-state index contributed by atoms with van der Waals surface area (Å²) in [5, 5.41) is 13.0. The lowest BCUT2D eigenvalue weighted by Gasteiger charge is -2.05. The Labute approximate surface area is 113 Å². The maximum absolute atomic E-state index is 13.6. The van der Waals surface area contributed by atoms with Gasteiger partial charge in [0.15, 0.2) is 0 Å². The smallest absolute Gasteiger partial charge is 0.270 e. The van der Waals surface area contributed by atoms with Gasteiger partial charge < -0.3 is 5.32 Å². The summed E-state index contributed by atoms with van der Waals surface area (Å²) < 4.78 is 13.6. The molecule has 0 saturated carbocycles. The van der Waals surface area contributed by atoms with Crippen molar-refractivity contribution in [3.63, 3.8) is 0 Å². The van der Waals surface area contributed by atoms with Crippen molar-refractivity contribution in [1.29, 1.82) is 0 Å². The van der Waals surface area contributed by atoms with Crippen LogP contribution in [0.2, 0.25) is 0 Å². The van der Waals surface area contributed by atoms with Gasteiger partial charge >= 0.3 is 0 Å². The van der Waals surface area contributed by atoms with E-state index in [2.05, 4.69) is 10.3 Å². The van der Waals surface area contributed by atoms with Gasteiger partial charge in [0, 0.05) is 18.3 Å². The van der Waals surface area contributed by atoms with Crippen molar-refractivity contribution in [2.24, 2.45) is 0 Å². The highest BCUT2D eigenvalue weighted by Gasteiger charge is 2.17. The van der Waals surface area contributed by atoms with Crippen LogP contribution >= 0.6 is 0 Å². The first-order valence-corrected chi connectivity index (χ1v) is 5.65. The van der Waals surface area contributed by atoms with E-state index < -0.39 is 22.2 Å². The summed E-state index contributed by atoms with van der Waals surface area (Å²) in [7, 11) is 0. The highest BCUT2D eigenvalue weighted by Crippen LogP contribution is 2.18. The number of benzene rings is 1. The number of pyridine rings is 1. The molecular weight excluding hydrogens is 265 g/mol. The van der Waals surface area contributed by atoms with E-state index in [1.165, 1.54) is 6.20 Å². The Hall–Kier alpha value is -2.83. The number of non-ortho nitro benzene ring substituents is 1. The zero-order valence-corrected chi connectivity index (χ0v) is 10.5. The van der Waals surface area contributed by atoms with Gasteiger partial charge in [0.2, 0.25) is 0 Å². The molecule has 0 aliphatic heterocycles. The topological polar surface area (TPSA) is 85.1 Å². The summed E-state index contributed by atoms with van der Waals surface area (Å²) in [5.41, 5.74) is 0.117. The third-order valence-corrected chi connectivity index (χ3v) is 2.56. The number of nitro benzene ring substituents is 1. The van der Waals surface area contributed by atoms with E-state index in [0.29, 0.717) is 0 Å². The number of amides is 1. The van der Waals surface area contributed by atoms with Gasteiger partial charge in [-0.2, -0.15) is 0 Å².